The second-order valence-corrected chi connectivity index (χ2v) is 3.51. The van der Waals surface area contributed by atoms with Gasteiger partial charge in [-0.05, 0) is 28.3 Å². The molecule has 6 nitrogen and oxygen atoms in total. The van der Waals surface area contributed by atoms with Gasteiger partial charge in [0.25, 0.3) is 0 Å². The first-order valence-electron chi connectivity index (χ1n) is 4.60. The third-order valence-electron chi connectivity index (χ3n) is 2.33. The van der Waals surface area contributed by atoms with E-state index in [1.807, 2.05) is 6.92 Å². The molecule has 84 valence electrons. The Balaban J connectivity index is 2.37. The van der Waals surface area contributed by atoms with E-state index in [-0.39, 0.29) is 18.4 Å². The zero-order valence-electron chi connectivity index (χ0n) is 8.09. The average molecular weight is 208 g/mol. The Morgan fingerprint density at radius 1 is 1.29 bits per heavy atom. The molecule has 0 aromatic carbocycles. The minimum absolute atomic E-state index is 0.0704. The SMILES string of the molecule is CC1COOOOCC1CC(O)CO. The van der Waals surface area contributed by atoms with Gasteiger partial charge in [-0.25, -0.2) is 9.78 Å². The fourth-order valence-electron chi connectivity index (χ4n) is 1.31. The highest BCUT2D eigenvalue weighted by atomic mass is 17.7. The maximum atomic E-state index is 9.27. The van der Waals surface area contributed by atoms with Crippen molar-refractivity contribution in [3.05, 3.63) is 0 Å². The zero-order valence-corrected chi connectivity index (χ0v) is 8.09. The number of rotatable bonds is 3. The molecule has 0 aliphatic carbocycles. The molecule has 14 heavy (non-hydrogen) atoms. The van der Waals surface area contributed by atoms with Gasteiger partial charge in [-0.2, -0.15) is 0 Å². The largest absolute Gasteiger partial charge is 0.394 e. The van der Waals surface area contributed by atoms with Crippen LogP contribution in [-0.4, -0.2) is 36.1 Å². The molecule has 1 aliphatic heterocycles. The number of aliphatic hydroxyl groups excluding tert-OH is 2. The Morgan fingerprint density at radius 3 is 2.57 bits per heavy atom. The summed E-state index contributed by atoms with van der Waals surface area (Å²) in [6.07, 6.45) is -0.281. The van der Waals surface area contributed by atoms with E-state index < -0.39 is 6.10 Å². The Kier molecular flexibility index (Phi) is 5.31. The van der Waals surface area contributed by atoms with Crippen LogP contribution in [0.25, 0.3) is 0 Å². The van der Waals surface area contributed by atoms with Crippen LogP contribution in [-0.2, 0) is 19.9 Å². The van der Waals surface area contributed by atoms with Crippen LogP contribution in [0.15, 0.2) is 0 Å². The van der Waals surface area contributed by atoms with Crippen molar-refractivity contribution in [2.75, 3.05) is 19.8 Å². The van der Waals surface area contributed by atoms with Gasteiger partial charge < -0.3 is 10.2 Å². The standard InChI is InChI=1S/C8H16O6/c1-6-4-11-13-14-12-5-7(6)2-8(10)3-9/h6-10H,2-5H2,1H3. The minimum atomic E-state index is -0.730. The summed E-state index contributed by atoms with van der Waals surface area (Å²) in [6.45, 7) is 2.38. The van der Waals surface area contributed by atoms with Gasteiger partial charge in [-0.15, -0.1) is 0 Å². The summed E-state index contributed by atoms with van der Waals surface area (Å²) in [5, 5.41) is 26.4. The van der Waals surface area contributed by atoms with Crippen LogP contribution in [0.1, 0.15) is 13.3 Å². The monoisotopic (exact) mass is 208 g/mol. The maximum absolute atomic E-state index is 9.27. The summed E-state index contributed by atoms with van der Waals surface area (Å²) in [5.41, 5.74) is 0. The van der Waals surface area contributed by atoms with E-state index in [1.54, 1.807) is 0 Å². The molecule has 1 rings (SSSR count). The van der Waals surface area contributed by atoms with E-state index in [0.29, 0.717) is 19.6 Å². The van der Waals surface area contributed by atoms with Crippen molar-refractivity contribution in [2.45, 2.75) is 19.4 Å². The van der Waals surface area contributed by atoms with Crippen LogP contribution in [0.4, 0.5) is 0 Å². The summed E-state index contributed by atoms with van der Waals surface area (Å²) in [6, 6.07) is 0. The fourth-order valence-corrected chi connectivity index (χ4v) is 1.31. The van der Waals surface area contributed by atoms with E-state index in [9.17, 15) is 5.11 Å². The van der Waals surface area contributed by atoms with E-state index in [2.05, 4.69) is 19.9 Å². The van der Waals surface area contributed by atoms with E-state index in [1.165, 1.54) is 0 Å². The Hall–Kier alpha value is -0.240. The zero-order chi connectivity index (χ0) is 10.4. The van der Waals surface area contributed by atoms with Crippen molar-refractivity contribution < 1.29 is 30.1 Å². The van der Waals surface area contributed by atoms with Gasteiger partial charge >= 0.3 is 0 Å². The maximum Gasteiger partial charge on any atom is 0.0887 e. The normalized spacial score (nSPS) is 31.9. The fraction of sp³-hybridized carbons (Fsp3) is 1.00. The van der Waals surface area contributed by atoms with Crippen molar-refractivity contribution in [1.29, 1.82) is 0 Å². The van der Waals surface area contributed by atoms with Crippen LogP contribution in [0.5, 0.6) is 0 Å². The van der Waals surface area contributed by atoms with E-state index in [4.69, 9.17) is 5.11 Å². The minimum Gasteiger partial charge on any atom is -0.394 e. The van der Waals surface area contributed by atoms with Gasteiger partial charge in [0.1, 0.15) is 0 Å². The predicted octanol–water partition coefficient (Wildman–Crippen LogP) is -0.193. The molecule has 0 bridgehead atoms. The van der Waals surface area contributed by atoms with Crippen LogP contribution < -0.4 is 0 Å². The lowest BCUT2D eigenvalue weighted by molar-refractivity contribution is -0.642. The quantitative estimate of drug-likeness (QED) is 0.626. The van der Waals surface area contributed by atoms with Crippen molar-refractivity contribution in [3.63, 3.8) is 0 Å². The summed E-state index contributed by atoms with van der Waals surface area (Å²) in [7, 11) is 0. The first-order valence-corrected chi connectivity index (χ1v) is 4.60. The van der Waals surface area contributed by atoms with Crippen LogP contribution in [0.2, 0.25) is 0 Å². The summed E-state index contributed by atoms with van der Waals surface area (Å²) in [4.78, 5) is 9.30. The third kappa shape index (κ3) is 3.87. The smallest absolute Gasteiger partial charge is 0.0887 e. The molecule has 0 amide bonds. The number of aliphatic hydroxyl groups is 2. The molecule has 0 aromatic rings. The summed E-state index contributed by atoms with van der Waals surface area (Å²) in [5.74, 6) is 0.237. The average Bonchev–Trinajstić information content (AvgIpc) is 2.17. The molecule has 1 saturated heterocycles. The second kappa shape index (κ2) is 6.28. The summed E-state index contributed by atoms with van der Waals surface area (Å²) < 4.78 is 0. The Labute approximate surface area is 82.1 Å². The summed E-state index contributed by atoms with van der Waals surface area (Å²) >= 11 is 0. The second-order valence-electron chi connectivity index (χ2n) is 3.51. The van der Waals surface area contributed by atoms with E-state index >= 15 is 0 Å². The van der Waals surface area contributed by atoms with Crippen molar-refractivity contribution in [1.82, 2.24) is 0 Å². The topological polar surface area (TPSA) is 77.4 Å². The lowest BCUT2D eigenvalue weighted by Crippen LogP contribution is -2.29. The molecule has 2 N–H and O–H groups in total. The molecule has 1 heterocycles. The first-order chi connectivity index (χ1) is 6.74. The molecule has 0 radical (unpaired) electrons. The number of hydrogen-bond donors (Lipinski definition) is 2. The van der Waals surface area contributed by atoms with Crippen LogP contribution >= 0.6 is 0 Å². The highest BCUT2D eigenvalue weighted by molar-refractivity contribution is 4.69. The molecule has 0 spiro atoms. The van der Waals surface area contributed by atoms with Gasteiger partial charge in [0.2, 0.25) is 0 Å². The first kappa shape index (κ1) is 11.8. The van der Waals surface area contributed by atoms with Crippen molar-refractivity contribution >= 4 is 0 Å². The van der Waals surface area contributed by atoms with Crippen LogP contribution in [0, 0.1) is 11.8 Å². The molecular formula is C8H16O6. The third-order valence-corrected chi connectivity index (χ3v) is 2.33. The molecule has 3 unspecified atom stereocenters. The van der Waals surface area contributed by atoms with Gasteiger partial charge in [0, 0.05) is 0 Å². The molecule has 3 atom stereocenters. The Bertz CT molecular complexity index is 153. The molecule has 6 heteroatoms. The number of hydrogen-bond acceptors (Lipinski definition) is 6. The molecule has 0 aromatic heterocycles. The Morgan fingerprint density at radius 2 is 1.93 bits per heavy atom. The van der Waals surface area contributed by atoms with E-state index in [0.717, 1.165) is 0 Å². The van der Waals surface area contributed by atoms with Crippen molar-refractivity contribution in [2.24, 2.45) is 11.8 Å². The predicted molar refractivity (Wildman–Crippen MR) is 44.4 cm³/mol. The van der Waals surface area contributed by atoms with Gasteiger partial charge in [-0.3, -0.25) is 0 Å². The highest BCUT2D eigenvalue weighted by Gasteiger charge is 2.23. The molecule has 1 aliphatic rings. The molecule has 0 saturated carbocycles. The molecular weight excluding hydrogens is 192 g/mol. The van der Waals surface area contributed by atoms with Gasteiger partial charge in [0.15, 0.2) is 0 Å². The van der Waals surface area contributed by atoms with Gasteiger partial charge in [0.05, 0.1) is 25.9 Å². The lowest BCUT2D eigenvalue weighted by atomic mass is 9.90. The highest BCUT2D eigenvalue weighted by Crippen LogP contribution is 2.20. The van der Waals surface area contributed by atoms with Crippen LogP contribution in [0.3, 0.4) is 0 Å². The molecule has 1 fully saturated rings. The lowest BCUT2D eigenvalue weighted by Gasteiger charge is -2.25. The van der Waals surface area contributed by atoms with Crippen molar-refractivity contribution in [3.8, 4) is 0 Å². The van der Waals surface area contributed by atoms with Gasteiger partial charge in [-0.1, -0.05) is 6.92 Å².